The predicted molar refractivity (Wildman–Crippen MR) is 100 cm³/mol. The average Bonchev–Trinajstić information content (AvgIpc) is 2.94. The smallest absolute Gasteiger partial charge is 0.203 e. The number of methoxy groups -OCH3 is 3. The van der Waals surface area contributed by atoms with E-state index < -0.39 is 0 Å². The van der Waals surface area contributed by atoms with Crippen LogP contribution < -0.4 is 14.2 Å². The maximum atomic E-state index is 5.38. The Morgan fingerprint density at radius 2 is 1.68 bits per heavy atom. The monoisotopic (exact) mass is 344 g/mol. The number of fused-ring (bicyclic) bond motifs is 2. The number of benzene rings is 1. The molecule has 2 bridgehead atoms. The molecule has 0 aliphatic heterocycles. The molecular formula is C20H28N2O3. The van der Waals surface area contributed by atoms with Crippen molar-refractivity contribution in [2.24, 2.45) is 27.0 Å². The lowest BCUT2D eigenvalue weighted by molar-refractivity contribution is 0.194. The zero-order valence-electron chi connectivity index (χ0n) is 16.0. The van der Waals surface area contributed by atoms with Gasteiger partial charge in [-0.1, -0.05) is 20.8 Å². The lowest BCUT2D eigenvalue weighted by Crippen LogP contribution is -2.32. The molecule has 5 nitrogen and oxygen atoms in total. The molecule has 3 rings (SSSR count). The quantitative estimate of drug-likeness (QED) is 0.590. The van der Waals surface area contributed by atoms with Crippen molar-refractivity contribution in [2.75, 3.05) is 21.3 Å². The van der Waals surface area contributed by atoms with Gasteiger partial charge in [0.25, 0.3) is 0 Å². The van der Waals surface area contributed by atoms with E-state index in [1.165, 1.54) is 18.6 Å². The Balaban J connectivity index is 1.86. The molecule has 2 atom stereocenters. The largest absolute Gasteiger partial charge is 0.493 e. The van der Waals surface area contributed by atoms with E-state index in [4.69, 9.17) is 14.2 Å². The van der Waals surface area contributed by atoms with E-state index in [2.05, 4.69) is 31.0 Å². The molecular weight excluding hydrogens is 316 g/mol. The number of nitrogens with zero attached hydrogens (tertiary/aromatic N) is 2. The van der Waals surface area contributed by atoms with E-state index in [1.807, 2.05) is 12.1 Å². The molecule has 0 radical (unpaired) electrons. The van der Waals surface area contributed by atoms with Gasteiger partial charge in [-0.3, -0.25) is 0 Å². The fourth-order valence-electron chi connectivity index (χ4n) is 4.42. The highest BCUT2D eigenvalue weighted by Gasteiger charge is 2.59. The van der Waals surface area contributed by atoms with Crippen LogP contribution in [0, 0.1) is 16.7 Å². The molecule has 136 valence electrons. The Hall–Kier alpha value is -2.04. The van der Waals surface area contributed by atoms with Gasteiger partial charge in [0.15, 0.2) is 11.5 Å². The van der Waals surface area contributed by atoms with E-state index in [0.717, 1.165) is 17.9 Å². The molecule has 0 saturated heterocycles. The summed E-state index contributed by atoms with van der Waals surface area (Å²) in [6, 6.07) is 3.75. The average molecular weight is 344 g/mol. The Labute approximate surface area is 150 Å². The molecule has 0 amide bonds. The van der Waals surface area contributed by atoms with Gasteiger partial charge in [0.1, 0.15) is 0 Å². The molecule has 2 aliphatic carbocycles. The molecule has 1 aromatic carbocycles. The van der Waals surface area contributed by atoms with Crippen molar-refractivity contribution in [3.05, 3.63) is 17.7 Å². The fourth-order valence-corrected chi connectivity index (χ4v) is 4.42. The molecule has 0 aromatic heterocycles. The van der Waals surface area contributed by atoms with Gasteiger partial charge < -0.3 is 14.2 Å². The van der Waals surface area contributed by atoms with E-state index in [9.17, 15) is 0 Å². The maximum absolute atomic E-state index is 5.38. The zero-order valence-corrected chi connectivity index (χ0v) is 16.0. The van der Waals surface area contributed by atoms with Crippen LogP contribution >= 0.6 is 0 Å². The topological polar surface area (TPSA) is 52.4 Å². The molecule has 2 saturated carbocycles. The molecule has 25 heavy (non-hydrogen) atoms. The summed E-state index contributed by atoms with van der Waals surface area (Å²) in [4.78, 5) is 0. The lowest BCUT2D eigenvalue weighted by Gasteiger charge is -2.34. The maximum Gasteiger partial charge on any atom is 0.203 e. The summed E-state index contributed by atoms with van der Waals surface area (Å²) < 4.78 is 16.1. The van der Waals surface area contributed by atoms with Crippen molar-refractivity contribution in [1.29, 1.82) is 0 Å². The third-order valence-corrected chi connectivity index (χ3v) is 6.58. The minimum Gasteiger partial charge on any atom is -0.493 e. The van der Waals surface area contributed by atoms with Crippen molar-refractivity contribution in [1.82, 2.24) is 0 Å². The minimum atomic E-state index is 0.171. The van der Waals surface area contributed by atoms with Crippen LogP contribution in [-0.2, 0) is 0 Å². The molecule has 0 spiro atoms. The van der Waals surface area contributed by atoms with Crippen LogP contribution in [0.3, 0.4) is 0 Å². The second-order valence-electron chi connectivity index (χ2n) is 7.74. The highest BCUT2D eigenvalue weighted by atomic mass is 16.5. The first-order valence-electron chi connectivity index (χ1n) is 8.77. The van der Waals surface area contributed by atoms with Crippen molar-refractivity contribution < 1.29 is 14.2 Å². The van der Waals surface area contributed by atoms with Crippen LogP contribution in [0.5, 0.6) is 17.2 Å². The number of hydrogen-bond acceptors (Lipinski definition) is 5. The van der Waals surface area contributed by atoms with Crippen LogP contribution in [0.25, 0.3) is 0 Å². The SMILES string of the molecule is COc1cc(/C=N\N=C2\C[C@@H]3CC[C@]2(C)C3(C)C)cc(OC)c1OC. The van der Waals surface area contributed by atoms with Gasteiger partial charge in [0.2, 0.25) is 5.75 Å². The van der Waals surface area contributed by atoms with Crippen molar-refractivity contribution >= 4 is 11.9 Å². The summed E-state index contributed by atoms with van der Waals surface area (Å²) in [6.45, 7) is 7.08. The Kier molecular flexibility index (Phi) is 4.52. The Morgan fingerprint density at radius 1 is 1.04 bits per heavy atom. The number of ether oxygens (including phenoxy) is 3. The predicted octanol–water partition coefficient (Wildman–Crippen LogP) is 4.33. The molecule has 0 unspecified atom stereocenters. The Bertz CT molecular complexity index is 699. The van der Waals surface area contributed by atoms with Crippen molar-refractivity contribution in [3.8, 4) is 17.2 Å². The Morgan fingerprint density at radius 3 is 2.12 bits per heavy atom. The standard InChI is InChI=1S/C20H28N2O3/c1-19(2)14-7-8-20(19,3)17(11-14)22-21-12-13-9-15(23-4)18(25-6)16(10-13)24-5/h9-10,12,14H,7-8,11H2,1-6H3/b21-12-,22-17-/t14-,20-/m0/s1. The lowest BCUT2D eigenvalue weighted by atomic mass is 9.70. The summed E-state index contributed by atoms with van der Waals surface area (Å²) in [7, 11) is 4.81. The van der Waals surface area contributed by atoms with Gasteiger partial charge in [0.05, 0.1) is 27.5 Å². The summed E-state index contributed by atoms with van der Waals surface area (Å²) in [5, 5.41) is 8.97. The summed E-state index contributed by atoms with van der Waals surface area (Å²) in [6.07, 6.45) is 5.33. The van der Waals surface area contributed by atoms with Crippen molar-refractivity contribution in [3.63, 3.8) is 0 Å². The number of hydrogen-bond donors (Lipinski definition) is 0. The van der Waals surface area contributed by atoms with E-state index in [0.29, 0.717) is 22.7 Å². The summed E-state index contributed by atoms with van der Waals surface area (Å²) in [5.74, 6) is 2.54. The fraction of sp³-hybridized carbons (Fsp3) is 0.600. The third kappa shape index (κ3) is 2.70. The second kappa shape index (κ2) is 6.36. The molecule has 2 fully saturated rings. The van der Waals surface area contributed by atoms with Crippen LogP contribution in [0.4, 0.5) is 0 Å². The van der Waals surface area contributed by atoms with Gasteiger partial charge in [-0.2, -0.15) is 10.2 Å². The first-order chi connectivity index (χ1) is 11.9. The van der Waals surface area contributed by atoms with Gasteiger partial charge in [-0.15, -0.1) is 0 Å². The van der Waals surface area contributed by atoms with Crippen molar-refractivity contribution in [2.45, 2.75) is 40.0 Å². The van der Waals surface area contributed by atoms with Crippen LogP contribution in [0.15, 0.2) is 22.3 Å². The zero-order chi connectivity index (χ0) is 18.2. The first kappa shape index (κ1) is 17.8. The van der Waals surface area contributed by atoms with E-state index in [1.54, 1.807) is 27.5 Å². The molecule has 2 aliphatic rings. The first-order valence-corrected chi connectivity index (χ1v) is 8.77. The highest BCUT2D eigenvalue weighted by molar-refractivity contribution is 5.94. The number of rotatable bonds is 5. The highest BCUT2D eigenvalue weighted by Crippen LogP contribution is 2.64. The minimum absolute atomic E-state index is 0.171. The van der Waals surface area contributed by atoms with Gasteiger partial charge in [-0.25, -0.2) is 0 Å². The van der Waals surface area contributed by atoms with Crippen LogP contribution in [-0.4, -0.2) is 33.3 Å². The van der Waals surface area contributed by atoms with Gasteiger partial charge in [0, 0.05) is 16.7 Å². The van der Waals surface area contributed by atoms with Gasteiger partial charge in [-0.05, 0) is 42.7 Å². The molecule has 0 N–H and O–H groups in total. The van der Waals surface area contributed by atoms with Crippen LogP contribution in [0.2, 0.25) is 0 Å². The van der Waals surface area contributed by atoms with Gasteiger partial charge >= 0.3 is 0 Å². The molecule has 5 heteroatoms. The summed E-state index contributed by atoms with van der Waals surface area (Å²) >= 11 is 0. The third-order valence-electron chi connectivity index (χ3n) is 6.58. The van der Waals surface area contributed by atoms with Crippen LogP contribution in [0.1, 0.15) is 45.6 Å². The normalized spacial score (nSPS) is 28.7. The van der Waals surface area contributed by atoms with E-state index >= 15 is 0 Å². The van der Waals surface area contributed by atoms with E-state index in [-0.39, 0.29) is 5.41 Å². The second-order valence-corrected chi connectivity index (χ2v) is 7.74. The summed E-state index contributed by atoms with van der Waals surface area (Å²) in [5.41, 5.74) is 2.59. The molecule has 0 heterocycles. The molecule has 1 aromatic rings.